The Kier molecular flexibility index (Phi) is 3.69. The predicted octanol–water partition coefficient (Wildman–Crippen LogP) is 1.50. The molecule has 100 valence electrons. The maximum Gasteiger partial charge on any atom is 0.143 e. The highest BCUT2D eigenvalue weighted by Gasteiger charge is 2.13. The zero-order valence-electron chi connectivity index (χ0n) is 10.7. The van der Waals surface area contributed by atoms with E-state index >= 15 is 0 Å². The quantitative estimate of drug-likeness (QED) is 0.901. The maximum atomic E-state index is 5.47. The average Bonchev–Trinajstić information content (AvgIpc) is 3.01. The summed E-state index contributed by atoms with van der Waals surface area (Å²) in [7, 11) is 0. The lowest BCUT2D eigenvalue weighted by molar-refractivity contribution is 0.0595. The Balaban J connectivity index is 1.57. The van der Waals surface area contributed by atoms with Gasteiger partial charge in [0.1, 0.15) is 6.33 Å². The van der Waals surface area contributed by atoms with Gasteiger partial charge in [0.2, 0.25) is 0 Å². The van der Waals surface area contributed by atoms with E-state index in [1.54, 1.807) is 11.0 Å². The lowest BCUT2D eigenvalue weighted by Crippen LogP contribution is -2.24. The molecule has 0 radical (unpaired) electrons. The Morgan fingerprint density at radius 1 is 1.32 bits per heavy atom. The molecular weight excluding hydrogens is 242 g/mol. The van der Waals surface area contributed by atoms with Gasteiger partial charge >= 0.3 is 0 Å². The van der Waals surface area contributed by atoms with E-state index in [0.29, 0.717) is 5.92 Å². The largest absolute Gasteiger partial charge is 0.385 e. The number of rotatable bonds is 4. The Morgan fingerprint density at radius 2 is 2.21 bits per heavy atom. The van der Waals surface area contributed by atoms with Crippen molar-refractivity contribution < 1.29 is 4.74 Å². The highest BCUT2D eigenvalue weighted by Crippen LogP contribution is 2.16. The standard InChI is InChI=1S/C13H17N5O/c1-2-11(9-19-7-1)8-14-12-3-5-13(6-4-12)18-10-15-16-17-18/h3-6,10-11,14H,1-2,7-9H2. The van der Waals surface area contributed by atoms with Crippen molar-refractivity contribution in [1.29, 1.82) is 0 Å². The zero-order chi connectivity index (χ0) is 12.9. The van der Waals surface area contributed by atoms with Crippen LogP contribution in [0.25, 0.3) is 5.69 Å². The molecule has 0 bridgehead atoms. The number of benzene rings is 1. The number of ether oxygens (including phenoxy) is 1. The molecule has 3 rings (SSSR count). The summed E-state index contributed by atoms with van der Waals surface area (Å²) < 4.78 is 7.11. The minimum Gasteiger partial charge on any atom is -0.385 e. The van der Waals surface area contributed by atoms with Crippen LogP contribution in [0.2, 0.25) is 0 Å². The van der Waals surface area contributed by atoms with Crippen molar-refractivity contribution in [2.24, 2.45) is 5.92 Å². The van der Waals surface area contributed by atoms with Crippen molar-refractivity contribution in [2.45, 2.75) is 12.8 Å². The highest BCUT2D eigenvalue weighted by molar-refractivity contribution is 5.48. The molecule has 1 N–H and O–H groups in total. The van der Waals surface area contributed by atoms with Gasteiger partial charge in [0.15, 0.2) is 0 Å². The summed E-state index contributed by atoms with van der Waals surface area (Å²) in [6.45, 7) is 2.75. The van der Waals surface area contributed by atoms with Crippen molar-refractivity contribution in [1.82, 2.24) is 20.2 Å². The van der Waals surface area contributed by atoms with Gasteiger partial charge in [0.05, 0.1) is 12.3 Å². The van der Waals surface area contributed by atoms with E-state index < -0.39 is 0 Å². The van der Waals surface area contributed by atoms with Crippen molar-refractivity contribution in [3.63, 3.8) is 0 Å². The fourth-order valence-electron chi connectivity index (χ4n) is 2.24. The minimum atomic E-state index is 0.618. The summed E-state index contributed by atoms with van der Waals surface area (Å²) in [6.07, 6.45) is 4.00. The summed E-state index contributed by atoms with van der Waals surface area (Å²) in [4.78, 5) is 0. The van der Waals surface area contributed by atoms with Gasteiger partial charge in [0.25, 0.3) is 0 Å². The smallest absolute Gasteiger partial charge is 0.143 e. The van der Waals surface area contributed by atoms with Crippen molar-refractivity contribution in [3.05, 3.63) is 30.6 Å². The third-order valence-electron chi connectivity index (χ3n) is 3.33. The topological polar surface area (TPSA) is 64.9 Å². The molecule has 1 aliphatic heterocycles. The molecule has 2 heterocycles. The van der Waals surface area contributed by atoms with Crippen LogP contribution in [0, 0.1) is 5.92 Å². The van der Waals surface area contributed by atoms with Gasteiger partial charge in [-0.25, -0.2) is 4.68 Å². The second kappa shape index (κ2) is 5.79. The van der Waals surface area contributed by atoms with Crippen LogP contribution >= 0.6 is 0 Å². The molecule has 1 atom stereocenters. The fraction of sp³-hybridized carbons (Fsp3) is 0.462. The van der Waals surface area contributed by atoms with Crippen LogP contribution in [-0.2, 0) is 4.74 Å². The lowest BCUT2D eigenvalue weighted by atomic mass is 10.0. The number of aromatic nitrogens is 4. The van der Waals surface area contributed by atoms with E-state index in [-0.39, 0.29) is 0 Å². The van der Waals surface area contributed by atoms with E-state index in [1.807, 2.05) is 24.3 Å². The second-order valence-electron chi connectivity index (χ2n) is 4.77. The SMILES string of the molecule is c1cc(-n2cnnn2)ccc1NCC1CCCOC1. The van der Waals surface area contributed by atoms with Crippen LogP contribution in [0.15, 0.2) is 30.6 Å². The van der Waals surface area contributed by atoms with E-state index in [4.69, 9.17) is 4.74 Å². The number of hydrogen-bond donors (Lipinski definition) is 1. The van der Waals surface area contributed by atoms with Crippen LogP contribution < -0.4 is 5.32 Å². The molecular formula is C13H17N5O. The number of hydrogen-bond acceptors (Lipinski definition) is 5. The zero-order valence-corrected chi connectivity index (χ0v) is 10.7. The molecule has 6 nitrogen and oxygen atoms in total. The second-order valence-corrected chi connectivity index (χ2v) is 4.77. The summed E-state index contributed by atoms with van der Waals surface area (Å²) in [5.74, 6) is 0.618. The Morgan fingerprint density at radius 3 is 2.89 bits per heavy atom. The average molecular weight is 259 g/mol. The maximum absolute atomic E-state index is 5.47. The first kappa shape index (κ1) is 12.1. The number of nitrogens with zero attached hydrogens (tertiary/aromatic N) is 4. The van der Waals surface area contributed by atoms with Crippen molar-refractivity contribution in [3.8, 4) is 5.69 Å². The van der Waals surface area contributed by atoms with Crippen LogP contribution in [0.4, 0.5) is 5.69 Å². The van der Waals surface area contributed by atoms with Gasteiger partial charge in [-0.1, -0.05) is 0 Å². The van der Waals surface area contributed by atoms with Crippen LogP contribution in [0.3, 0.4) is 0 Å². The predicted molar refractivity (Wildman–Crippen MR) is 71.2 cm³/mol. The third-order valence-corrected chi connectivity index (χ3v) is 3.33. The Hall–Kier alpha value is -1.95. The molecule has 0 amide bonds. The number of anilines is 1. The van der Waals surface area contributed by atoms with Crippen LogP contribution in [-0.4, -0.2) is 40.0 Å². The molecule has 0 aliphatic carbocycles. The molecule has 6 heteroatoms. The Bertz CT molecular complexity index is 490. The van der Waals surface area contributed by atoms with E-state index in [1.165, 1.54) is 12.8 Å². The highest BCUT2D eigenvalue weighted by atomic mass is 16.5. The first-order valence-corrected chi connectivity index (χ1v) is 6.57. The molecule has 0 saturated carbocycles. The van der Waals surface area contributed by atoms with E-state index in [9.17, 15) is 0 Å². The summed E-state index contributed by atoms with van der Waals surface area (Å²) in [6, 6.07) is 8.08. The summed E-state index contributed by atoms with van der Waals surface area (Å²) in [5.41, 5.74) is 2.07. The van der Waals surface area contributed by atoms with Gasteiger partial charge < -0.3 is 10.1 Å². The molecule has 1 aromatic carbocycles. The van der Waals surface area contributed by atoms with Crippen LogP contribution in [0.1, 0.15) is 12.8 Å². The number of nitrogens with one attached hydrogen (secondary N) is 1. The van der Waals surface area contributed by atoms with Gasteiger partial charge in [-0.15, -0.1) is 5.10 Å². The van der Waals surface area contributed by atoms with Gasteiger partial charge in [-0.2, -0.15) is 0 Å². The first-order chi connectivity index (χ1) is 9.42. The van der Waals surface area contributed by atoms with Gasteiger partial charge in [-0.3, -0.25) is 0 Å². The van der Waals surface area contributed by atoms with E-state index in [2.05, 4.69) is 20.8 Å². The van der Waals surface area contributed by atoms with Gasteiger partial charge in [-0.05, 0) is 53.5 Å². The monoisotopic (exact) mass is 259 g/mol. The van der Waals surface area contributed by atoms with E-state index in [0.717, 1.165) is 31.1 Å². The third kappa shape index (κ3) is 3.08. The molecule has 1 fully saturated rings. The normalized spacial score (nSPS) is 19.3. The van der Waals surface area contributed by atoms with Crippen molar-refractivity contribution in [2.75, 3.05) is 25.1 Å². The number of tetrazole rings is 1. The molecule has 1 aromatic heterocycles. The molecule has 1 saturated heterocycles. The molecule has 19 heavy (non-hydrogen) atoms. The lowest BCUT2D eigenvalue weighted by Gasteiger charge is -2.22. The van der Waals surface area contributed by atoms with Crippen molar-refractivity contribution >= 4 is 5.69 Å². The summed E-state index contributed by atoms with van der Waals surface area (Å²) >= 11 is 0. The Labute approximate surface area is 111 Å². The first-order valence-electron chi connectivity index (χ1n) is 6.57. The molecule has 2 aromatic rings. The molecule has 1 unspecified atom stereocenters. The summed E-state index contributed by atoms with van der Waals surface area (Å²) in [5, 5.41) is 14.5. The fourth-order valence-corrected chi connectivity index (χ4v) is 2.24. The molecule has 0 spiro atoms. The molecule has 1 aliphatic rings. The minimum absolute atomic E-state index is 0.618. The van der Waals surface area contributed by atoms with Crippen LogP contribution in [0.5, 0.6) is 0 Å². The van der Waals surface area contributed by atoms with Gasteiger partial charge in [0, 0.05) is 18.8 Å².